The van der Waals surface area contributed by atoms with Crippen LogP contribution in [-0.4, -0.2) is 62.2 Å². The van der Waals surface area contributed by atoms with Crippen molar-refractivity contribution in [3.8, 4) is 0 Å². The maximum absolute atomic E-state index is 12.9. The summed E-state index contributed by atoms with van der Waals surface area (Å²) in [6.07, 6.45) is -0.756. The lowest BCUT2D eigenvalue weighted by Gasteiger charge is -2.44. The van der Waals surface area contributed by atoms with Crippen molar-refractivity contribution in [2.45, 2.75) is 44.5 Å². The first kappa shape index (κ1) is 25.9. The average Bonchev–Trinajstić information content (AvgIpc) is 2.88. The summed E-state index contributed by atoms with van der Waals surface area (Å²) < 4.78 is 28.6. The van der Waals surface area contributed by atoms with Crippen LogP contribution in [0.5, 0.6) is 0 Å². The monoisotopic (exact) mass is 483 g/mol. The number of amides is 1. The normalized spacial score (nSPS) is 23.9. The molecule has 1 amide bonds. The molecule has 1 fully saturated rings. The molecule has 0 radical (unpaired) electrons. The molecule has 0 bridgehead atoms. The fourth-order valence-corrected chi connectivity index (χ4v) is 3.70. The number of ether oxygens (including phenoxy) is 5. The van der Waals surface area contributed by atoms with Gasteiger partial charge in [0.1, 0.15) is 24.9 Å². The maximum atomic E-state index is 12.9. The van der Waals surface area contributed by atoms with Crippen LogP contribution in [-0.2, 0) is 28.5 Å². The molecule has 0 aliphatic carbocycles. The third-order valence-electron chi connectivity index (χ3n) is 5.28. The van der Waals surface area contributed by atoms with Gasteiger partial charge < -0.3 is 29.0 Å². The molecule has 1 saturated heterocycles. The van der Waals surface area contributed by atoms with E-state index < -0.39 is 42.6 Å². The smallest absolute Gasteiger partial charge is 0.338 e. The van der Waals surface area contributed by atoms with Crippen molar-refractivity contribution in [2.24, 2.45) is 0 Å². The number of carbonyl (C=O) groups is 3. The van der Waals surface area contributed by atoms with Gasteiger partial charge in [0.05, 0.1) is 17.4 Å². The molecule has 0 saturated carbocycles. The number of allylic oxidation sites excluding steroid dienone is 1. The van der Waals surface area contributed by atoms with Crippen LogP contribution in [0, 0.1) is 0 Å². The van der Waals surface area contributed by atoms with Crippen LogP contribution in [0.15, 0.2) is 73.0 Å². The van der Waals surface area contributed by atoms with Crippen LogP contribution in [0.4, 0.5) is 0 Å². The van der Waals surface area contributed by atoms with Crippen LogP contribution in [0.25, 0.3) is 0 Å². The van der Waals surface area contributed by atoms with E-state index in [0.29, 0.717) is 11.1 Å². The van der Waals surface area contributed by atoms with E-state index in [1.54, 1.807) is 73.7 Å². The summed E-state index contributed by atoms with van der Waals surface area (Å²) in [6.45, 7) is 2.88. The van der Waals surface area contributed by atoms with E-state index >= 15 is 0 Å². The summed E-state index contributed by atoms with van der Waals surface area (Å²) in [5, 5.41) is 2.74. The molecule has 0 aromatic heterocycles. The minimum absolute atomic E-state index is 0.200. The van der Waals surface area contributed by atoms with Crippen LogP contribution < -0.4 is 5.32 Å². The first-order valence-electron chi connectivity index (χ1n) is 11.1. The Labute approximate surface area is 204 Å². The van der Waals surface area contributed by atoms with Crippen LogP contribution in [0.2, 0.25) is 0 Å². The molecule has 35 heavy (non-hydrogen) atoms. The second kappa shape index (κ2) is 12.7. The van der Waals surface area contributed by atoms with Gasteiger partial charge in [-0.25, -0.2) is 9.59 Å². The molecule has 1 heterocycles. The van der Waals surface area contributed by atoms with E-state index in [2.05, 4.69) is 5.32 Å². The predicted molar refractivity (Wildman–Crippen MR) is 125 cm³/mol. The third kappa shape index (κ3) is 6.91. The Morgan fingerprint density at radius 2 is 1.54 bits per heavy atom. The lowest BCUT2D eigenvalue weighted by molar-refractivity contribution is -0.259. The third-order valence-corrected chi connectivity index (χ3v) is 5.28. The number of hydrogen-bond acceptors (Lipinski definition) is 8. The van der Waals surface area contributed by atoms with Crippen LogP contribution >= 0.6 is 0 Å². The van der Waals surface area contributed by atoms with Gasteiger partial charge in [-0.2, -0.15) is 0 Å². The summed E-state index contributed by atoms with van der Waals surface area (Å²) >= 11 is 0. The molecule has 186 valence electrons. The zero-order valence-electron chi connectivity index (χ0n) is 19.8. The SMILES string of the molecule is CC=CO[C@H]1O[C@H](COC(=O)c2ccccc2)[C@@H](OC)[C@H](OC(=O)c2ccccc2)[C@H]1NC(C)=O. The fraction of sp³-hybridized carbons (Fsp3) is 0.346. The largest absolute Gasteiger partial charge is 0.470 e. The molecule has 2 aromatic rings. The Bertz CT molecular complexity index is 1010. The van der Waals surface area contributed by atoms with E-state index in [1.807, 2.05) is 0 Å². The van der Waals surface area contributed by atoms with E-state index in [9.17, 15) is 14.4 Å². The minimum Gasteiger partial charge on any atom is -0.470 e. The Balaban J connectivity index is 1.87. The fourth-order valence-electron chi connectivity index (χ4n) is 3.70. The molecular weight excluding hydrogens is 454 g/mol. The molecule has 1 N–H and O–H groups in total. The molecule has 2 aromatic carbocycles. The number of nitrogens with one attached hydrogen (secondary N) is 1. The molecule has 1 aliphatic heterocycles. The molecule has 1 aliphatic rings. The van der Waals surface area contributed by atoms with Crippen molar-refractivity contribution in [2.75, 3.05) is 13.7 Å². The van der Waals surface area contributed by atoms with Gasteiger partial charge >= 0.3 is 11.9 Å². The second-order valence-corrected chi connectivity index (χ2v) is 7.78. The zero-order valence-corrected chi connectivity index (χ0v) is 19.8. The van der Waals surface area contributed by atoms with Crippen molar-refractivity contribution < 1.29 is 38.1 Å². The van der Waals surface area contributed by atoms with E-state index in [1.165, 1.54) is 20.3 Å². The first-order valence-corrected chi connectivity index (χ1v) is 11.1. The second-order valence-electron chi connectivity index (χ2n) is 7.78. The van der Waals surface area contributed by atoms with Gasteiger partial charge in [-0.3, -0.25) is 4.79 Å². The first-order chi connectivity index (χ1) is 16.9. The van der Waals surface area contributed by atoms with Gasteiger partial charge in [0.2, 0.25) is 12.2 Å². The Hall–Kier alpha value is -3.69. The van der Waals surface area contributed by atoms with Gasteiger partial charge in [0.25, 0.3) is 0 Å². The topological polar surface area (TPSA) is 109 Å². The highest BCUT2D eigenvalue weighted by molar-refractivity contribution is 5.90. The van der Waals surface area contributed by atoms with Crippen molar-refractivity contribution >= 4 is 17.8 Å². The quantitative estimate of drug-likeness (QED) is 0.428. The Kier molecular flexibility index (Phi) is 9.39. The summed E-state index contributed by atoms with van der Waals surface area (Å²) in [5.74, 6) is -1.53. The summed E-state index contributed by atoms with van der Waals surface area (Å²) in [4.78, 5) is 37.4. The average molecular weight is 484 g/mol. The highest BCUT2D eigenvalue weighted by Crippen LogP contribution is 2.28. The summed E-state index contributed by atoms with van der Waals surface area (Å²) in [6, 6.07) is 16.0. The number of rotatable bonds is 9. The summed E-state index contributed by atoms with van der Waals surface area (Å²) in [7, 11) is 1.42. The number of carbonyl (C=O) groups excluding carboxylic acids is 3. The van der Waals surface area contributed by atoms with Gasteiger partial charge in [-0.1, -0.05) is 42.5 Å². The number of benzene rings is 2. The number of hydrogen-bond donors (Lipinski definition) is 1. The predicted octanol–water partition coefficient (Wildman–Crippen LogP) is 2.86. The zero-order chi connectivity index (χ0) is 25.2. The van der Waals surface area contributed by atoms with Crippen molar-refractivity contribution in [3.05, 3.63) is 84.1 Å². The van der Waals surface area contributed by atoms with E-state index in [-0.39, 0.29) is 12.5 Å². The van der Waals surface area contributed by atoms with Gasteiger partial charge in [-0.15, -0.1) is 0 Å². The molecular formula is C26H29NO8. The number of methoxy groups -OCH3 is 1. The standard InChI is InChI=1S/C26H29NO8/c1-4-15-32-26-21(27-17(2)28)23(35-25(30)19-13-9-6-10-14-19)22(31-3)20(34-26)16-33-24(29)18-11-7-5-8-12-18/h4-15,20-23,26H,16H2,1-3H3,(H,27,28)/t20-,21-,22-,23-,26+/m1/s1. The molecule has 0 unspecified atom stereocenters. The van der Waals surface area contributed by atoms with E-state index in [4.69, 9.17) is 23.7 Å². The Morgan fingerprint density at radius 1 is 0.943 bits per heavy atom. The lowest BCUT2D eigenvalue weighted by Crippen LogP contribution is -2.66. The minimum atomic E-state index is -1.05. The van der Waals surface area contributed by atoms with Crippen LogP contribution in [0.3, 0.4) is 0 Å². The molecule has 3 rings (SSSR count). The molecule has 5 atom stereocenters. The maximum Gasteiger partial charge on any atom is 0.338 e. The molecule has 9 heteroatoms. The molecule has 9 nitrogen and oxygen atoms in total. The Morgan fingerprint density at radius 3 is 2.09 bits per heavy atom. The highest BCUT2D eigenvalue weighted by Gasteiger charge is 2.50. The lowest BCUT2D eigenvalue weighted by atomic mass is 9.96. The molecule has 0 spiro atoms. The van der Waals surface area contributed by atoms with Crippen molar-refractivity contribution in [3.63, 3.8) is 0 Å². The number of esters is 2. The van der Waals surface area contributed by atoms with Crippen molar-refractivity contribution in [1.82, 2.24) is 5.32 Å². The summed E-state index contributed by atoms with van der Waals surface area (Å²) in [5.41, 5.74) is 0.704. The van der Waals surface area contributed by atoms with Crippen LogP contribution in [0.1, 0.15) is 34.6 Å². The van der Waals surface area contributed by atoms with E-state index in [0.717, 1.165) is 0 Å². The van der Waals surface area contributed by atoms with Gasteiger partial charge in [0, 0.05) is 14.0 Å². The van der Waals surface area contributed by atoms with Gasteiger partial charge in [0.15, 0.2) is 6.10 Å². The van der Waals surface area contributed by atoms with Crippen molar-refractivity contribution in [1.29, 1.82) is 0 Å². The highest BCUT2D eigenvalue weighted by atomic mass is 16.7. The van der Waals surface area contributed by atoms with Gasteiger partial charge in [-0.05, 0) is 31.2 Å².